The number of benzene rings is 1. The number of aromatic nitrogens is 1. The van der Waals surface area contributed by atoms with Gasteiger partial charge in [-0.05, 0) is 43.5 Å². The summed E-state index contributed by atoms with van der Waals surface area (Å²) in [6.07, 6.45) is -0.366. The monoisotopic (exact) mass is 463 g/mol. The van der Waals surface area contributed by atoms with E-state index in [-0.39, 0.29) is 35.8 Å². The van der Waals surface area contributed by atoms with E-state index in [0.29, 0.717) is 5.13 Å². The molecule has 1 amide bonds. The molecule has 0 radical (unpaired) electrons. The van der Waals surface area contributed by atoms with Crippen molar-refractivity contribution in [2.75, 3.05) is 18.4 Å². The second-order valence-corrected chi connectivity index (χ2v) is 10.8. The Kier molecular flexibility index (Phi) is 6.03. The number of hydrogen-bond donors (Lipinski definition) is 1. The maximum Gasteiger partial charge on any atom is 0.257 e. The third-order valence-corrected chi connectivity index (χ3v) is 8.10. The quantitative estimate of drug-likeness (QED) is 0.620. The normalized spacial score (nSPS) is 20.2. The molecule has 0 spiro atoms. The topological polar surface area (TPSA) is 88.6 Å². The van der Waals surface area contributed by atoms with Gasteiger partial charge in [-0.15, -0.1) is 22.7 Å². The van der Waals surface area contributed by atoms with E-state index >= 15 is 0 Å². The predicted molar refractivity (Wildman–Crippen MR) is 119 cm³/mol. The number of carbonyl (C=O) groups is 1. The Bertz CT molecular complexity index is 1130. The lowest BCUT2D eigenvalue weighted by molar-refractivity contribution is -0.0440. The molecular weight excluding hydrogens is 442 g/mol. The first-order chi connectivity index (χ1) is 14.3. The van der Waals surface area contributed by atoms with Gasteiger partial charge < -0.3 is 4.74 Å². The van der Waals surface area contributed by atoms with Gasteiger partial charge in [0.25, 0.3) is 5.91 Å². The Morgan fingerprint density at radius 3 is 2.63 bits per heavy atom. The number of hydrogen-bond acceptors (Lipinski definition) is 7. The van der Waals surface area contributed by atoms with Crippen LogP contribution in [-0.2, 0) is 14.8 Å². The molecule has 2 atom stereocenters. The smallest absolute Gasteiger partial charge is 0.257 e. The van der Waals surface area contributed by atoms with E-state index < -0.39 is 15.9 Å². The Morgan fingerprint density at radius 1 is 1.17 bits per heavy atom. The molecule has 0 saturated carbocycles. The van der Waals surface area contributed by atoms with E-state index in [1.54, 1.807) is 23.5 Å². The zero-order valence-electron chi connectivity index (χ0n) is 16.4. The molecule has 7 nitrogen and oxygen atoms in total. The standard InChI is InChI=1S/C20H21N3O4S3/c1-13-10-23(11-14(2)27-13)30(25,26)16-6-3-5-15(9-16)19(24)22-20-21-17(12-29-20)18-7-4-8-28-18/h3-9,12-14H,10-11H2,1-2H3,(H,21,22,24). The maximum absolute atomic E-state index is 13.1. The molecule has 1 fully saturated rings. The van der Waals surface area contributed by atoms with Crippen LogP contribution in [-0.4, -0.2) is 48.9 Å². The van der Waals surface area contributed by atoms with E-state index in [1.165, 1.54) is 27.8 Å². The molecule has 3 heterocycles. The van der Waals surface area contributed by atoms with Crippen molar-refractivity contribution in [2.45, 2.75) is 31.0 Å². The van der Waals surface area contributed by atoms with Gasteiger partial charge in [0.15, 0.2) is 5.13 Å². The molecule has 2 aromatic heterocycles. The predicted octanol–water partition coefficient (Wildman–Crippen LogP) is 3.92. The van der Waals surface area contributed by atoms with Gasteiger partial charge in [-0.3, -0.25) is 10.1 Å². The fourth-order valence-electron chi connectivity index (χ4n) is 3.31. The van der Waals surface area contributed by atoms with Gasteiger partial charge in [-0.1, -0.05) is 12.1 Å². The summed E-state index contributed by atoms with van der Waals surface area (Å²) in [6.45, 7) is 4.27. The van der Waals surface area contributed by atoms with Crippen LogP contribution in [0, 0.1) is 0 Å². The summed E-state index contributed by atoms with van der Waals surface area (Å²) >= 11 is 2.90. The lowest BCUT2D eigenvalue weighted by atomic mass is 10.2. The van der Waals surface area contributed by atoms with Crippen molar-refractivity contribution in [3.05, 3.63) is 52.7 Å². The molecule has 1 aromatic carbocycles. The van der Waals surface area contributed by atoms with E-state index in [2.05, 4.69) is 10.3 Å². The van der Waals surface area contributed by atoms with Crippen molar-refractivity contribution in [3.63, 3.8) is 0 Å². The number of nitrogens with one attached hydrogen (secondary N) is 1. The Morgan fingerprint density at radius 2 is 1.93 bits per heavy atom. The van der Waals surface area contributed by atoms with E-state index in [4.69, 9.17) is 4.74 Å². The van der Waals surface area contributed by atoms with Crippen LogP contribution in [0.1, 0.15) is 24.2 Å². The summed E-state index contributed by atoms with van der Waals surface area (Å²) in [4.78, 5) is 18.2. The van der Waals surface area contributed by atoms with Crippen molar-refractivity contribution >= 4 is 43.7 Å². The summed E-state index contributed by atoms with van der Waals surface area (Å²) in [5, 5.41) is 7.07. The number of rotatable bonds is 5. The summed E-state index contributed by atoms with van der Waals surface area (Å²) in [5.74, 6) is -0.400. The average molecular weight is 464 g/mol. The number of carbonyl (C=O) groups excluding carboxylic acids is 1. The summed E-state index contributed by atoms with van der Waals surface area (Å²) in [6, 6.07) is 9.99. The van der Waals surface area contributed by atoms with Gasteiger partial charge in [0.2, 0.25) is 10.0 Å². The van der Waals surface area contributed by atoms with Gasteiger partial charge in [-0.2, -0.15) is 4.31 Å². The number of amides is 1. The second kappa shape index (κ2) is 8.56. The minimum absolute atomic E-state index is 0.0925. The number of anilines is 1. The molecule has 10 heteroatoms. The van der Waals surface area contributed by atoms with Gasteiger partial charge in [0.1, 0.15) is 0 Å². The molecule has 0 aliphatic carbocycles. The zero-order valence-corrected chi connectivity index (χ0v) is 18.9. The van der Waals surface area contributed by atoms with Crippen molar-refractivity contribution in [1.82, 2.24) is 9.29 Å². The summed E-state index contributed by atoms with van der Waals surface area (Å²) in [7, 11) is -3.72. The maximum atomic E-state index is 13.1. The number of sulfonamides is 1. The highest BCUT2D eigenvalue weighted by Crippen LogP contribution is 2.28. The fourth-order valence-corrected chi connectivity index (χ4v) is 6.42. The number of ether oxygens (including phenoxy) is 1. The van der Waals surface area contributed by atoms with Crippen LogP contribution in [0.15, 0.2) is 52.1 Å². The van der Waals surface area contributed by atoms with E-state index in [9.17, 15) is 13.2 Å². The van der Waals surface area contributed by atoms with E-state index in [0.717, 1.165) is 10.6 Å². The summed E-state index contributed by atoms with van der Waals surface area (Å²) < 4.78 is 33.2. The van der Waals surface area contributed by atoms with Crippen LogP contribution in [0.5, 0.6) is 0 Å². The van der Waals surface area contributed by atoms with Gasteiger partial charge in [0.05, 0.1) is 27.7 Å². The fraction of sp³-hybridized carbons (Fsp3) is 0.300. The van der Waals surface area contributed by atoms with Crippen LogP contribution in [0.3, 0.4) is 0 Å². The minimum Gasteiger partial charge on any atom is -0.373 e. The first kappa shape index (κ1) is 21.1. The molecule has 30 heavy (non-hydrogen) atoms. The first-order valence-corrected chi connectivity index (χ1v) is 12.6. The van der Waals surface area contributed by atoms with Gasteiger partial charge in [0, 0.05) is 24.0 Å². The molecule has 0 bridgehead atoms. The third-order valence-electron chi connectivity index (χ3n) is 4.62. The average Bonchev–Trinajstić information content (AvgIpc) is 3.39. The van der Waals surface area contributed by atoms with Crippen molar-refractivity contribution in [1.29, 1.82) is 0 Å². The van der Waals surface area contributed by atoms with Crippen LogP contribution in [0.25, 0.3) is 10.6 Å². The van der Waals surface area contributed by atoms with Crippen LogP contribution in [0.2, 0.25) is 0 Å². The van der Waals surface area contributed by atoms with Crippen molar-refractivity contribution in [2.24, 2.45) is 0 Å². The molecule has 1 saturated heterocycles. The second-order valence-electron chi connectivity index (χ2n) is 7.08. The Balaban J connectivity index is 1.52. The highest BCUT2D eigenvalue weighted by molar-refractivity contribution is 7.89. The Labute approximate surface area is 183 Å². The number of thiazole rings is 1. The number of nitrogens with zero attached hydrogens (tertiary/aromatic N) is 2. The lowest BCUT2D eigenvalue weighted by Crippen LogP contribution is -2.48. The molecule has 4 rings (SSSR count). The molecule has 1 aliphatic rings. The first-order valence-electron chi connectivity index (χ1n) is 9.39. The molecule has 2 unspecified atom stereocenters. The van der Waals surface area contributed by atoms with Crippen molar-refractivity contribution < 1.29 is 17.9 Å². The molecule has 158 valence electrons. The number of thiophene rings is 1. The van der Waals surface area contributed by atoms with Gasteiger partial charge >= 0.3 is 0 Å². The highest BCUT2D eigenvalue weighted by Gasteiger charge is 2.32. The van der Waals surface area contributed by atoms with Crippen LogP contribution < -0.4 is 5.32 Å². The summed E-state index contributed by atoms with van der Waals surface area (Å²) in [5.41, 5.74) is 1.07. The molecule has 1 N–H and O–H groups in total. The van der Waals surface area contributed by atoms with Crippen molar-refractivity contribution in [3.8, 4) is 10.6 Å². The van der Waals surface area contributed by atoms with Crippen LogP contribution in [0.4, 0.5) is 5.13 Å². The number of morpholine rings is 1. The molecular formula is C20H21N3O4S3. The SMILES string of the molecule is CC1CN(S(=O)(=O)c2cccc(C(=O)Nc3nc(-c4cccs4)cs3)c2)CC(C)O1. The largest absolute Gasteiger partial charge is 0.373 e. The molecule has 1 aliphatic heterocycles. The lowest BCUT2D eigenvalue weighted by Gasteiger charge is -2.34. The highest BCUT2D eigenvalue weighted by atomic mass is 32.2. The zero-order chi connectivity index (χ0) is 21.3. The Hall–Kier alpha value is -2.11. The third kappa shape index (κ3) is 4.47. The van der Waals surface area contributed by atoms with E-state index in [1.807, 2.05) is 36.7 Å². The molecule has 3 aromatic rings. The minimum atomic E-state index is -3.72. The van der Waals surface area contributed by atoms with Gasteiger partial charge in [-0.25, -0.2) is 13.4 Å². The van der Waals surface area contributed by atoms with Crippen LogP contribution >= 0.6 is 22.7 Å².